The Morgan fingerprint density at radius 3 is 2.75 bits per heavy atom. The molecule has 16 heavy (non-hydrogen) atoms. The lowest BCUT2D eigenvalue weighted by Crippen LogP contribution is -2.13. The van der Waals surface area contributed by atoms with Crippen LogP contribution >= 0.6 is 0 Å². The van der Waals surface area contributed by atoms with E-state index in [1.54, 1.807) is 0 Å². The van der Waals surface area contributed by atoms with Crippen LogP contribution in [0.2, 0.25) is 0 Å². The van der Waals surface area contributed by atoms with Gasteiger partial charge in [-0.3, -0.25) is 0 Å². The first-order valence-corrected chi connectivity index (χ1v) is 4.07. The molecule has 0 aromatic carbocycles. The fourth-order valence-corrected chi connectivity index (χ4v) is 0.891. The minimum Gasteiger partial charge on any atom is -0.368 e. The molecule has 4 nitrogen and oxygen atoms in total. The van der Waals surface area contributed by atoms with Crippen LogP contribution in [0.5, 0.6) is 0 Å². The van der Waals surface area contributed by atoms with E-state index < -0.39 is 23.4 Å². The molecule has 0 aliphatic heterocycles. The van der Waals surface area contributed by atoms with Crippen molar-refractivity contribution in [1.82, 2.24) is 9.97 Å². The molecule has 0 saturated heterocycles. The maximum Gasteiger partial charge on any atom is 0.434 e. The van der Waals surface area contributed by atoms with Crippen molar-refractivity contribution in [3.8, 4) is 11.8 Å². The van der Waals surface area contributed by atoms with Crippen molar-refractivity contribution in [3.05, 3.63) is 17.5 Å². The fraction of sp³-hybridized carbons (Fsp3) is 0.222. The molecule has 1 rings (SSSR count). The maximum atomic E-state index is 12.5. The number of anilines is 1. The normalized spacial score (nSPS) is 10.4. The highest BCUT2D eigenvalue weighted by molar-refractivity contribution is 5.55. The van der Waals surface area contributed by atoms with Gasteiger partial charge in [-0.05, 0) is 0 Å². The molecule has 2 N–H and O–H groups in total. The topological polar surface area (TPSA) is 68.9 Å². The molecule has 0 spiro atoms. The summed E-state index contributed by atoms with van der Waals surface area (Å²) in [5.74, 6) is 3.93. The molecule has 0 atom stereocenters. The van der Waals surface area contributed by atoms with Crippen molar-refractivity contribution in [2.45, 2.75) is 12.6 Å². The van der Waals surface area contributed by atoms with E-state index in [1.807, 2.05) is 0 Å². The Hall–Kier alpha value is -2.10. The first-order valence-electron chi connectivity index (χ1n) is 4.07. The first kappa shape index (κ1) is 12.0. The van der Waals surface area contributed by atoms with Gasteiger partial charge >= 0.3 is 6.18 Å². The second-order valence-electron chi connectivity index (χ2n) is 2.66. The monoisotopic (exact) mass is 229 g/mol. The van der Waals surface area contributed by atoms with Gasteiger partial charge < -0.3 is 10.5 Å². The van der Waals surface area contributed by atoms with E-state index in [4.69, 9.17) is 5.73 Å². The summed E-state index contributed by atoms with van der Waals surface area (Å²) in [6.07, 6.45) is -3.44. The van der Waals surface area contributed by atoms with Gasteiger partial charge in [0.15, 0.2) is 5.69 Å². The SMILES string of the molecule is Nc1ncc(C#CCC=O)c(C(F)(F)F)n1. The summed E-state index contributed by atoms with van der Waals surface area (Å²) in [5.41, 5.74) is 3.46. The van der Waals surface area contributed by atoms with Gasteiger partial charge in [0.05, 0.1) is 12.0 Å². The molecular weight excluding hydrogens is 223 g/mol. The zero-order valence-corrected chi connectivity index (χ0v) is 7.88. The molecule has 0 amide bonds. The number of hydrogen-bond donors (Lipinski definition) is 1. The molecule has 1 aromatic rings. The minimum absolute atomic E-state index is 0.151. The van der Waals surface area contributed by atoms with Crippen LogP contribution in [0, 0.1) is 11.8 Å². The Balaban J connectivity index is 3.20. The van der Waals surface area contributed by atoms with Crippen molar-refractivity contribution in [2.24, 2.45) is 0 Å². The van der Waals surface area contributed by atoms with Gasteiger partial charge in [0.25, 0.3) is 0 Å². The van der Waals surface area contributed by atoms with Gasteiger partial charge in [-0.25, -0.2) is 9.97 Å². The van der Waals surface area contributed by atoms with Crippen molar-refractivity contribution in [1.29, 1.82) is 0 Å². The molecule has 0 aliphatic rings. The van der Waals surface area contributed by atoms with Crippen LogP contribution < -0.4 is 5.73 Å². The number of aromatic nitrogens is 2. The smallest absolute Gasteiger partial charge is 0.368 e. The summed E-state index contributed by atoms with van der Waals surface area (Å²) in [4.78, 5) is 16.4. The van der Waals surface area contributed by atoms with Crippen LogP contribution in [0.25, 0.3) is 0 Å². The van der Waals surface area contributed by atoms with E-state index in [2.05, 4.69) is 21.8 Å². The van der Waals surface area contributed by atoms with E-state index in [9.17, 15) is 18.0 Å². The van der Waals surface area contributed by atoms with Gasteiger partial charge in [-0.1, -0.05) is 11.8 Å². The maximum absolute atomic E-state index is 12.5. The Morgan fingerprint density at radius 1 is 1.50 bits per heavy atom. The Kier molecular flexibility index (Phi) is 3.45. The van der Waals surface area contributed by atoms with Gasteiger partial charge in [0.1, 0.15) is 6.29 Å². The Bertz CT molecular complexity index is 459. The number of carbonyl (C=O) groups excluding carboxylic acids is 1. The summed E-state index contributed by atoms with van der Waals surface area (Å²) in [6.45, 7) is 0. The molecular formula is C9H6F3N3O. The van der Waals surface area contributed by atoms with E-state index in [-0.39, 0.29) is 6.42 Å². The number of carbonyl (C=O) groups is 1. The van der Waals surface area contributed by atoms with E-state index in [0.29, 0.717) is 6.29 Å². The molecule has 1 heterocycles. The average molecular weight is 229 g/mol. The predicted octanol–water partition coefficient (Wildman–Crippen LogP) is 1.02. The quantitative estimate of drug-likeness (QED) is 0.576. The molecule has 0 radical (unpaired) electrons. The molecule has 0 fully saturated rings. The lowest BCUT2D eigenvalue weighted by molar-refractivity contribution is -0.141. The third-order valence-electron chi connectivity index (χ3n) is 1.48. The van der Waals surface area contributed by atoms with Crippen molar-refractivity contribution < 1.29 is 18.0 Å². The number of rotatable bonds is 1. The molecule has 0 saturated carbocycles. The molecule has 0 bridgehead atoms. The standard InChI is InChI=1S/C9H6F3N3O/c10-9(11,12)7-6(3-1-2-4-16)5-14-8(13)15-7/h4-5H,2H2,(H2,13,14,15). The van der Waals surface area contributed by atoms with Crippen LogP contribution in [0.15, 0.2) is 6.20 Å². The van der Waals surface area contributed by atoms with Gasteiger partial charge in [0.2, 0.25) is 5.95 Å². The van der Waals surface area contributed by atoms with Gasteiger partial charge in [-0.15, -0.1) is 0 Å². The van der Waals surface area contributed by atoms with Crippen LogP contribution in [0.1, 0.15) is 17.7 Å². The van der Waals surface area contributed by atoms with Gasteiger partial charge in [0, 0.05) is 6.20 Å². The van der Waals surface area contributed by atoms with Crippen LogP contribution in [-0.4, -0.2) is 16.3 Å². The Labute approximate surface area is 88.7 Å². The van der Waals surface area contributed by atoms with Crippen molar-refractivity contribution in [2.75, 3.05) is 5.73 Å². The average Bonchev–Trinajstić information content (AvgIpc) is 2.19. The number of hydrogen-bond acceptors (Lipinski definition) is 4. The fourth-order valence-electron chi connectivity index (χ4n) is 0.891. The van der Waals surface area contributed by atoms with E-state index in [1.165, 1.54) is 0 Å². The predicted molar refractivity (Wildman–Crippen MR) is 49.0 cm³/mol. The summed E-state index contributed by atoms with van der Waals surface area (Å²) in [7, 11) is 0. The molecule has 84 valence electrons. The second-order valence-corrected chi connectivity index (χ2v) is 2.66. The largest absolute Gasteiger partial charge is 0.434 e. The summed E-state index contributed by atoms with van der Waals surface area (Å²) >= 11 is 0. The minimum atomic E-state index is -4.65. The molecule has 7 heteroatoms. The van der Waals surface area contributed by atoms with Crippen LogP contribution in [0.3, 0.4) is 0 Å². The lowest BCUT2D eigenvalue weighted by atomic mass is 10.2. The molecule has 1 aromatic heterocycles. The van der Waals surface area contributed by atoms with Crippen LogP contribution in [0.4, 0.5) is 19.1 Å². The number of alkyl halides is 3. The third kappa shape index (κ3) is 2.95. The second kappa shape index (κ2) is 4.61. The summed E-state index contributed by atoms with van der Waals surface area (Å²) in [6, 6.07) is 0. The number of nitrogens with zero attached hydrogens (tertiary/aromatic N) is 2. The number of halogens is 3. The number of nitrogens with two attached hydrogens (primary N) is 1. The van der Waals surface area contributed by atoms with Gasteiger partial charge in [-0.2, -0.15) is 13.2 Å². The number of nitrogen functional groups attached to an aromatic ring is 1. The highest BCUT2D eigenvalue weighted by Crippen LogP contribution is 2.29. The zero-order chi connectivity index (χ0) is 12.2. The van der Waals surface area contributed by atoms with Crippen LogP contribution in [-0.2, 0) is 11.0 Å². The first-order chi connectivity index (χ1) is 7.45. The Morgan fingerprint density at radius 2 is 2.19 bits per heavy atom. The third-order valence-corrected chi connectivity index (χ3v) is 1.48. The zero-order valence-electron chi connectivity index (χ0n) is 7.88. The molecule has 0 aliphatic carbocycles. The van der Waals surface area contributed by atoms with E-state index in [0.717, 1.165) is 6.20 Å². The van der Waals surface area contributed by atoms with Crippen molar-refractivity contribution >= 4 is 12.2 Å². The summed E-state index contributed by atoms with van der Waals surface area (Å²) < 4.78 is 37.4. The summed E-state index contributed by atoms with van der Waals surface area (Å²) in [5, 5.41) is 0. The highest BCUT2D eigenvalue weighted by atomic mass is 19.4. The highest BCUT2D eigenvalue weighted by Gasteiger charge is 2.35. The molecule has 0 unspecified atom stereocenters. The van der Waals surface area contributed by atoms with E-state index >= 15 is 0 Å². The lowest BCUT2D eigenvalue weighted by Gasteiger charge is -2.07. The van der Waals surface area contributed by atoms with Crippen molar-refractivity contribution in [3.63, 3.8) is 0 Å². The number of aldehydes is 1.